The molecule has 0 bridgehead atoms. The Hall–Kier alpha value is -0.940. The van der Waals surface area contributed by atoms with Crippen LogP contribution in [-0.4, -0.2) is 30.5 Å². The summed E-state index contributed by atoms with van der Waals surface area (Å²) in [5.41, 5.74) is 3.86. The van der Waals surface area contributed by atoms with E-state index in [4.69, 9.17) is 9.57 Å². The zero-order valence-corrected chi connectivity index (χ0v) is 12.7. The molecule has 0 spiro atoms. The molecule has 2 N–H and O–H groups in total. The van der Waals surface area contributed by atoms with Gasteiger partial charge in [-0.25, -0.2) is 0 Å². The number of hydroxylamine groups is 1. The molecule has 0 radical (unpaired) electrons. The van der Waals surface area contributed by atoms with E-state index in [0.29, 0.717) is 25.7 Å². The lowest BCUT2D eigenvalue weighted by atomic mass is 10.1. The molecule has 2 atom stereocenters. The first-order valence-electron chi connectivity index (χ1n) is 7.26. The summed E-state index contributed by atoms with van der Waals surface area (Å²) in [6.07, 6.45) is 0.625. The molecule has 0 aromatic heterocycles. The third-order valence-electron chi connectivity index (χ3n) is 2.88. The van der Waals surface area contributed by atoms with E-state index < -0.39 is 6.10 Å². The average molecular weight is 281 g/mol. The summed E-state index contributed by atoms with van der Waals surface area (Å²) in [6.45, 7) is 7.53. The molecule has 1 aromatic carbocycles. The van der Waals surface area contributed by atoms with Crippen molar-refractivity contribution in [2.75, 3.05) is 13.2 Å². The van der Waals surface area contributed by atoms with Crippen molar-refractivity contribution < 1.29 is 14.7 Å². The minimum atomic E-state index is -0.555. The lowest BCUT2D eigenvalue weighted by Crippen LogP contribution is -2.31. The number of hydrogen-bond donors (Lipinski definition) is 2. The van der Waals surface area contributed by atoms with Gasteiger partial charge in [-0.3, -0.25) is 4.84 Å². The zero-order chi connectivity index (χ0) is 14.8. The Balaban J connectivity index is 2.04. The lowest BCUT2D eigenvalue weighted by Gasteiger charge is -2.18. The highest BCUT2D eigenvalue weighted by atomic mass is 16.6. The van der Waals surface area contributed by atoms with E-state index in [-0.39, 0.29) is 6.10 Å². The number of aliphatic hydroxyl groups excluding tert-OH is 1. The molecule has 0 saturated carbocycles. The minimum Gasteiger partial charge on any atom is -0.389 e. The smallest absolute Gasteiger partial charge is 0.0933 e. The number of nitrogens with one attached hydrogen (secondary N) is 1. The molecule has 0 aliphatic heterocycles. The summed E-state index contributed by atoms with van der Waals surface area (Å²) >= 11 is 0. The van der Waals surface area contributed by atoms with Crippen molar-refractivity contribution in [3.8, 4) is 0 Å². The Bertz CT molecular complexity index is 343. The van der Waals surface area contributed by atoms with E-state index in [1.165, 1.54) is 0 Å². The second-order valence-electron chi connectivity index (χ2n) is 5.55. The molecule has 4 heteroatoms. The van der Waals surface area contributed by atoms with Crippen molar-refractivity contribution in [3.05, 3.63) is 35.9 Å². The molecule has 4 nitrogen and oxygen atoms in total. The normalized spacial score (nSPS) is 14.4. The van der Waals surface area contributed by atoms with Crippen LogP contribution in [0.15, 0.2) is 30.3 Å². The molecule has 1 aromatic rings. The minimum absolute atomic E-state index is 0.176. The first kappa shape index (κ1) is 17.1. The van der Waals surface area contributed by atoms with Gasteiger partial charge in [0, 0.05) is 6.54 Å². The first-order chi connectivity index (χ1) is 9.58. The van der Waals surface area contributed by atoms with E-state index >= 15 is 0 Å². The highest BCUT2D eigenvalue weighted by Crippen LogP contribution is 2.07. The third-order valence-corrected chi connectivity index (χ3v) is 2.88. The van der Waals surface area contributed by atoms with Gasteiger partial charge in [0.15, 0.2) is 0 Å². The van der Waals surface area contributed by atoms with Crippen molar-refractivity contribution in [1.29, 1.82) is 0 Å². The van der Waals surface area contributed by atoms with E-state index in [1.54, 1.807) is 0 Å². The maximum Gasteiger partial charge on any atom is 0.0933 e. The zero-order valence-electron chi connectivity index (χ0n) is 12.7. The summed E-state index contributed by atoms with van der Waals surface area (Å²) in [7, 11) is 0. The Labute approximate surface area is 122 Å². The van der Waals surface area contributed by atoms with Crippen LogP contribution in [0.4, 0.5) is 0 Å². The molecule has 2 unspecified atom stereocenters. The van der Waals surface area contributed by atoms with Crippen LogP contribution in [0.1, 0.15) is 32.8 Å². The summed E-state index contributed by atoms with van der Waals surface area (Å²) in [4.78, 5) is 5.30. The molecule has 0 saturated heterocycles. The molecular formula is C16H27NO3. The van der Waals surface area contributed by atoms with E-state index in [0.717, 1.165) is 12.0 Å². The Morgan fingerprint density at radius 3 is 2.50 bits per heavy atom. The number of benzene rings is 1. The highest BCUT2D eigenvalue weighted by molar-refractivity contribution is 5.13. The fraction of sp³-hybridized carbons (Fsp3) is 0.625. The molecule has 0 amide bonds. The molecule has 1 rings (SSSR count). The van der Waals surface area contributed by atoms with Gasteiger partial charge in [-0.2, -0.15) is 5.48 Å². The molecule has 0 aliphatic carbocycles. The fourth-order valence-electron chi connectivity index (χ4n) is 1.93. The van der Waals surface area contributed by atoms with Gasteiger partial charge < -0.3 is 9.84 Å². The van der Waals surface area contributed by atoms with Gasteiger partial charge in [0.2, 0.25) is 0 Å². The van der Waals surface area contributed by atoms with Crippen LogP contribution in [0.25, 0.3) is 0 Å². The SMILES string of the molecule is CC(C)CC(C)OCC(O)CNOCc1ccccc1. The van der Waals surface area contributed by atoms with Crippen molar-refractivity contribution in [2.24, 2.45) is 5.92 Å². The monoisotopic (exact) mass is 281 g/mol. The molecule has 0 heterocycles. The first-order valence-corrected chi connectivity index (χ1v) is 7.26. The molecular weight excluding hydrogens is 254 g/mol. The van der Waals surface area contributed by atoms with Crippen LogP contribution in [0, 0.1) is 5.92 Å². The summed E-state index contributed by atoms with van der Waals surface area (Å²) in [5, 5.41) is 9.76. The molecule has 20 heavy (non-hydrogen) atoms. The van der Waals surface area contributed by atoms with Crippen LogP contribution in [0.3, 0.4) is 0 Å². The van der Waals surface area contributed by atoms with Gasteiger partial charge in [0.25, 0.3) is 0 Å². The predicted octanol–water partition coefficient (Wildman–Crippen LogP) is 2.52. The lowest BCUT2D eigenvalue weighted by molar-refractivity contribution is -0.0399. The number of hydrogen-bond acceptors (Lipinski definition) is 4. The fourth-order valence-corrected chi connectivity index (χ4v) is 1.93. The summed E-state index contributed by atoms with van der Waals surface area (Å²) < 4.78 is 5.58. The second-order valence-corrected chi connectivity index (χ2v) is 5.55. The maximum atomic E-state index is 9.76. The van der Waals surface area contributed by atoms with E-state index in [9.17, 15) is 5.11 Å². The Morgan fingerprint density at radius 2 is 1.85 bits per heavy atom. The second kappa shape index (κ2) is 9.88. The van der Waals surface area contributed by atoms with Crippen LogP contribution in [-0.2, 0) is 16.2 Å². The number of aliphatic hydroxyl groups is 1. The van der Waals surface area contributed by atoms with Gasteiger partial charge in [-0.15, -0.1) is 0 Å². The van der Waals surface area contributed by atoms with Gasteiger partial charge in [-0.05, 0) is 24.8 Å². The number of ether oxygens (including phenoxy) is 1. The maximum absolute atomic E-state index is 9.76. The van der Waals surface area contributed by atoms with E-state index in [2.05, 4.69) is 19.3 Å². The summed E-state index contributed by atoms with van der Waals surface area (Å²) in [5.74, 6) is 0.606. The highest BCUT2D eigenvalue weighted by Gasteiger charge is 2.09. The molecule has 114 valence electrons. The Morgan fingerprint density at radius 1 is 1.15 bits per heavy atom. The predicted molar refractivity (Wildman–Crippen MR) is 80.1 cm³/mol. The largest absolute Gasteiger partial charge is 0.389 e. The van der Waals surface area contributed by atoms with Gasteiger partial charge in [0.05, 0.1) is 25.4 Å². The standard InChI is InChI=1S/C16H27NO3/c1-13(2)9-14(3)19-12-16(18)10-17-20-11-15-7-5-4-6-8-15/h4-8,13-14,16-18H,9-12H2,1-3H3. The van der Waals surface area contributed by atoms with Gasteiger partial charge in [0.1, 0.15) is 0 Å². The van der Waals surface area contributed by atoms with Crippen LogP contribution in [0.5, 0.6) is 0 Å². The van der Waals surface area contributed by atoms with Crippen molar-refractivity contribution in [1.82, 2.24) is 5.48 Å². The van der Waals surface area contributed by atoms with Crippen molar-refractivity contribution in [3.63, 3.8) is 0 Å². The van der Waals surface area contributed by atoms with Gasteiger partial charge >= 0.3 is 0 Å². The number of rotatable bonds is 10. The third kappa shape index (κ3) is 8.27. The molecule has 0 fully saturated rings. The van der Waals surface area contributed by atoms with Crippen LogP contribution in [0.2, 0.25) is 0 Å². The van der Waals surface area contributed by atoms with Gasteiger partial charge in [-0.1, -0.05) is 44.2 Å². The Kier molecular flexibility index (Phi) is 8.46. The quantitative estimate of drug-likeness (QED) is 0.511. The van der Waals surface area contributed by atoms with E-state index in [1.807, 2.05) is 37.3 Å². The summed E-state index contributed by atoms with van der Waals surface area (Å²) in [6, 6.07) is 9.90. The topological polar surface area (TPSA) is 50.7 Å². The molecule has 0 aliphatic rings. The van der Waals surface area contributed by atoms with Crippen LogP contribution >= 0.6 is 0 Å². The van der Waals surface area contributed by atoms with Crippen molar-refractivity contribution in [2.45, 2.75) is 46.0 Å². The average Bonchev–Trinajstić information content (AvgIpc) is 2.42. The van der Waals surface area contributed by atoms with Crippen molar-refractivity contribution >= 4 is 0 Å². The van der Waals surface area contributed by atoms with Crippen LogP contribution < -0.4 is 5.48 Å².